The minimum Gasteiger partial charge on any atom is -0.206 e. The summed E-state index contributed by atoms with van der Waals surface area (Å²) in [7, 11) is 0. The molecule has 4 aromatic rings. The number of benzene rings is 4. The highest BCUT2D eigenvalue weighted by Gasteiger charge is 2.14. The molecule has 4 aromatic carbocycles. The summed E-state index contributed by atoms with van der Waals surface area (Å²) in [5.74, 6) is 1.24. The highest BCUT2D eigenvalue weighted by atomic mass is 19.2. The van der Waals surface area contributed by atoms with E-state index in [0.29, 0.717) is 21.9 Å². The van der Waals surface area contributed by atoms with Crippen LogP contribution in [0.3, 0.4) is 0 Å². The SMILES string of the molecule is Cc1cc(F)c(-c2ccc(C#Cc3ccc4cc(F)c(F)cc4c3)c(F)c2)c(F)c1. The molecule has 0 atom stereocenters. The summed E-state index contributed by atoms with van der Waals surface area (Å²) >= 11 is 0. The second-order valence-corrected chi connectivity index (χ2v) is 6.88. The lowest BCUT2D eigenvalue weighted by Gasteiger charge is -2.07. The van der Waals surface area contributed by atoms with E-state index in [9.17, 15) is 22.0 Å². The Labute approximate surface area is 169 Å². The van der Waals surface area contributed by atoms with Crippen molar-refractivity contribution < 1.29 is 22.0 Å². The van der Waals surface area contributed by atoms with Crippen molar-refractivity contribution in [2.75, 3.05) is 0 Å². The van der Waals surface area contributed by atoms with E-state index >= 15 is 0 Å². The molecule has 0 radical (unpaired) electrons. The molecule has 4 rings (SSSR count). The minimum atomic E-state index is -0.968. The molecule has 5 heteroatoms. The molecule has 0 nitrogen and oxygen atoms in total. The van der Waals surface area contributed by atoms with E-state index in [0.717, 1.165) is 18.2 Å². The van der Waals surface area contributed by atoms with Gasteiger partial charge in [-0.15, -0.1) is 0 Å². The third-order valence-electron chi connectivity index (χ3n) is 4.67. The van der Waals surface area contributed by atoms with Crippen LogP contribution in [-0.2, 0) is 0 Å². The molecule has 0 bridgehead atoms. The summed E-state index contributed by atoms with van der Waals surface area (Å²) in [6.07, 6.45) is 0. The molecule has 0 N–H and O–H groups in total. The molecule has 0 fully saturated rings. The third-order valence-corrected chi connectivity index (χ3v) is 4.67. The Balaban J connectivity index is 1.68. The van der Waals surface area contributed by atoms with Gasteiger partial charge in [0, 0.05) is 5.56 Å². The number of fused-ring (bicyclic) bond motifs is 1. The maximum Gasteiger partial charge on any atom is 0.159 e. The molecule has 0 heterocycles. The number of hydrogen-bond acceptors (Lipinski definition) is 0. The van der Waals surface area contributed by atoms with E-state index in [1.54, 1.807) is 25.1 Å². The standard InChI is InChI=1S/C25H13F5/c1-14-8-23(29)25(24(30)9-14)18-7-6-16(20(26)12-18)4-2-15-3-5-17-11-21(27)22(28)13-19(17)10-15/h3,5-13H,1H3. The Morgan fingerprint density at radius 3 is 1.90 bits per heavy atom. The van der Waals surface area contributed by atoms with Crippen LogP contribution in [0.4, 0.5) is 22.0 Å². The molecule has 0 aromatic heterocycles. The van der Waals surface area contributed by atoms with Crippen LogP contribution < -0.4 is 0 Å². The molecule has 0 unspecified atom stereocenters. The van der Waals surface area contributed by atoms with Crippen molar-refractivity contribution in [2.24, 2.45) is 0 Å². The van der Waals surface area contributed by atoms with E-state index < -0.39 is 29.1 Å². The Kier molecular flexibility index (Phi) is 5.01. The Morgan fingerprint density at radius 2 is 1.23 bits per heavy atom. The second kappa shape index (κ2) is 7.64. The molecular formula is C25H13F5. The average molecular weight is 408 g/mol. The first-order valence-electron chi connectivity index (χ1n) is 8.98. The maximum atomic E-state index is 14.5. The van der Waals surface area contributed by atoms with E-state index in [-0.39, 0.29) is 16.7 Å². The summed E-state index contributed by atoms with van der Waals surface area (Å²) < 4.78 is 69.5. The molecule has 0 saturated heterocycles. The van der Waals surface area contributed by atoms with Crippen LogP contribution in [0, 0.1) is 47.9 Å². The van der Waals surface area contributed by atoms with Gasteiger partial charge in [-0.25, -0.2) is 22.0 Å². The molecule has 0 saturated carbocycles. The predicted octanol–water partition coefficient (Wildman–Crippen LogP) is 6.91. The maximum absolute atomic E-state index is 14.5. The summed E-state index contributed by atoms with van der Waals surface area (Å²) in [5, 5.41) is 0.971. The zero-order chi connectivity index (χ0) is 21.4. The zero-order valence-electron chi connectivity index (χ0n) is 15.7. The van der Waals surface area contributed by atoms with Gasteiger partial charge in [0.05, 0.1) is 11.1 Å². The van der Waals surface area contributed by atoms with Crippen molar-refractivity contribution in [3.05, 3.63) is 106 Å². The average Bonchev–Trinajstić information content (AvgIpc) is 2.67. The van der Waals surface area contributed by atoms with Crippen molar-refractivity contribution in [3.8, 4) is 23.0 Å². The van der Waals surface area contributed by atoms with Gasteiger partial charge in [-0.1, -0.05) is 24.0 Å². The molecule has 0 amide bonds. The van der Waals surface area contributed by atoms with E-state index in [1.165, 1.54) is 24.3 Å². The van der Waals surface area contributed by atoms with Crippen molar-refractivity contribution in [3.63, 3.8) is 0 Å². The van der Waals surface area contributed by atoms with Crippen LogP contribution in [-0.4, -0.2) is 0 Å². The second-order valence-electron chi connectivity index (χ2n) is 6.88. The normalized spacial score (nSPS) is 10.7. The van der Waals surface area contributed by atoms with Gasteiger partial charge in [0.25, 0.3) is 0 Å². The summed E-state index contributed by atoms with van der Waals surface area (Å²) in [6, 6.07) is 13.0. The van der Waals surface area contributed by atoms with Crippen LogP contribution in [0.1, 0.15) is 16.7 Å². The van der Waals surface area contributed by atoms with Gasteiger partial charge >= 0.3 is 0 Å². The van der Waals surface area contributed by atoms with Gasteiger partial charge in [-0.2, -0.15) is 0 Å². The lowest BCUT2D eigenvalue weighted by atomic mass is 10.0. The molecule has 30 heavy (non-hydrogen) atoms. The molecule has 0 aliphatic heterocycles. The summed E-state index contributed by atoms with van der Waals surface area (Å²) in [6.45, 7) is 1.56. The van der Waals surface area contributed by atoms with Crippen LogP contribution in [0.2, 0.25) is 0 Å². The first-order chi connectivity index (χ1) is 14.3. The van der Waals surface area contributed by atoms with Crippen molar-refractivity contribution >= 4 is 10.8 Å². The minimum absolute atomic E-state index is 0.0389. The zero-order valence-corrected chi connectivity index (χ0v) is 15.7. The quantitative estimate of drug-likeness (QED) is 0.237. The Bertz CT molecular complexity index is 1340. The Morgan fingerprint density at radius 1 is 0.567 bits per heavy atom. The molecule has 148 valence electrons. The molecular weight excluding hydrogens is 395 g/mol. The monoisotopic (exact) mass is 408 g/mol. The number of hydrogen-bond donors (Lipinski definition) is 0. The van der Waals surface area contributed by atoms with Gasteiger partial charge in [0.1, 0.15) is 17.5 Å². The van der Waals surface area contributed by atoms with Crippen molar-refractivity contribution in [1.82, 2.24) is 0 Å². The third kappa shape index (κ3) is 3.77. The number of rotatable bonds is 1. The van der Waals surface area contributed by atoms with Gasteiger partial charge in [0.15, 0.2) is 11.6 Å². The molecule has 0 aliphatic carbocycles. The van der Waals surface area contributed by atoms with Gasteiger partial charge in [-0.05, 0) is 77.4 Å². The fraction of sp³-hybridized carbons (Fsp3) is 0.0400. The summed E-state index contributed by atoms with van der Waals surface area (Å²) in [4.78, 5) is 0. The summed E-state index contributed by atoms with van der Waals surface area (Å²) in [5.41, 5.74) is 0.707. The van der Waals surface area contributed by atoms with Crippen molar-refractivity contribution in [1.29, 1.82) is 0 Å². The van der Waals surface area contributed by atoms with E-state index in [2.05, 4.69) is 11.8 Å². The predicted molar refractivity (Wildman–Crippen MR) is 106 cm³/mol. The first-order valence-corrected chi connectivity index (χ1v) is 8.98. The topological polar surface area (TPSA) is 0 Å². The highest BCUT2D eigenvalue weighted by Crippen LogP contribution is 2.28. The fourth-order valence-electron chi connectivity index (χ4n) is 3.21. The van der Waals surface area contributed by atoms with Gasteiger partial charge in [0.2, 0.25) is 0 Å². The van der Waals surface area contributed by atoms with Crippen LogP contribution in [0.15, 0.2) is 60.7 Å². The lowest BCUT2D eigenvalue weighted by Crippen LogP contribution is -1.94. The molecule has 0 aliphatic rings. The van der Waals surface area contributed by atoms with E-state index in [4.69, 9.17) is 0 Å². The smallest absolute Gasteiger partial charge is 0.159 e. The number of aryl methyl sites for hydroxylation is 1. The van der Waals surface area contributed by atoms with Gasteiger partial charge in [-0.3, -0.25) is 0 Å². The van der Waals surface area contributed by atoms with Crippen molar-refractivity contribution in [2.45, 2.75) is 6.92 Å². The first kappa shape index (κ1) is 19.7. The van der Waals surface area contributed by atoms with Gasteiger partial charge < -0.3 is 0 Å². The van der Waals surface area contributed by atoms with E-state index in [1.807, 2.05) is 0 Å². The van der Waals surface area contributed by atoms with Crippen LogP contribution >= 0.6 is 0 Å². The lowest BCUT2D eigenvalue weighted by molar-refractivity contribution is 0.511. The fourth-order valence-corrected chi connectivity index (χ4v) is 3.21. The Hall–Kier alpha value is -3.65. The number of halogens is 5. The van der Waals surface area contributed by atoms with Crippen LogP contribution in [0.5, 0.6) is 0 Å². The molecule has 0 spiro atoms. The highest BCUT2D eigenvalue weighted by molar-refractivity contribution is 5.84. The van der Waals surface area contributed by atoms with Crippen LogP contribution in [0.25, 0.3) is 21.9 Å². The largest absolute Gasteiger partial charge is 0.206 e.